The molecule has 0 spiro atoms. The molecule has 0 radical (unpaired) electrons. The molecular formula is C14H19NO3. The van der Waals surface area contributed by atoms with Gasteiger partial charge in [-0.25, -0.2) is 4.79 Å². The molecule has 1 N–H and O–H groups in total. The van der Waals surface area contributed by atoms with Gasteiger partial charge in [0.2, 0.25) is 0 Å². The summed E-state index contributed by atoms with van der Waals surface area (Å²) in [6, 6.07) is 9.62. The van der Waals surface area contributed by atoms with Crippen molar-refractivity contribution in [1.82, 2.24) is 4.90 Å². The molecule has 4 heteroatoms. The van der Waals surface area contributed by atoms with Gasteiger partial charge in [-0.2, -0.15) is 0 Å². The minimum atomic E-state index is -0.364. The molecule has 18 heavy (non-hydrogen) atoms. The summed E-state index contributed by atoms with van der Waals surface area (Å²) in [5.41, 5.74) is 0.983. The van der Waals surface area contributed by atoms with Gasteiger partial charge in [0.25, 0.3) is 0 Å². The first kappa shape index (κ1) is 12.9. The lowest BCUT2D eigenvalue weighted by molar-refractivity contribution is 0.0947. The number of rotatable bonds is 3. The molecule has 2 atom stereocenters. The van der Waals surface area contributed by atoms with E-state index in [-0.39, 0.29) is 18.1 Å². The van der Waals surface area contributed by atoms with E-state index in [9.17, 15) is 9.90 Å². The Balaban J connectivity index is 1.79. The van der Waals surface area contributed by atoms with Gasteiger partial charge in [0.05, 0.1) is 6.10 Å². The molecular weight excluding hydrogens is 230 g/mol. The third-order valence-electron chi connectivity index (χ3n) is 3.37. The number of nitrogens with zero attached hydrogens (tertiary/aromatic N) is 1. The van der Waals surface area contributed by atoms with Crippen molar-refractivity contribution in [2.75, 3.05) is 13.1 Å². The van der Waals surface area contributed by atoms with Crippen LogP contribution in [-0.4, -0.2) is 35.3 Å². The summed E-state index contributed by atoms with van der Waals surface area (Å²) < 4.78 is 5.25. The molecule has 1 amide bonds. The zero-order valence-corrected chi connectivity index (χ0v) is 10.6. The summed E-state index contributed by atoms with van der Waals surface area (Å²) in [5.74, 6) is 0.175. The maximum absolute atomic E-state index is 11.8. The highest BCUT2D eigenvalue weighted by Crippen LogP contribution is 2.20. The molecule has 0 saturated carbocycles. The topological polar surface area (TPSA) is 49.8 Å². The second kappa shape index (κ2) is 5.87. The number of hydrogen-bond donors (Lipinski definition) is 1. The van der Waals surface area contributed by atoms with Crippen LogP contribution in [0.1, 0.15) is 18.9 Å². The van der Waals surface area contributed by atoms with Crippen molar-refractivity contribution in [3.63, 3.8) is 0 Å². The van der Waals surface area contributed by atoms with Gasteiger partial charge in [-0.3, -0.25) is 0 Å². The maximum Gasteiger partial charge on any atom is 0.410 e. The molecule has 0 bridgehead atoms. The van der Waals surface area contributed by atoms with E-state index in [1.807, 2.05) is 30.3 Å². The zero-order valence-electron chi connectivity index (χ0n) is 10.6. The number of carbonyl (C=O) groups excluding carboxylic acids is 1. The fourth-order valence-electron chi connectivity index (χ4n) is 2.16. The monoisotopic (exact) mass is 249 g/mol. The number of ether oxygens (including phenoxy) is 1. The zero-order chi connectivity index (χ0) is 13.0. The Morgan fingerprint density at radius 1 is 1.50 bits per heavy atom. The van der Waals surface area contributed by atoms with Crippen molar-refractivity contribution in [2.45, 2.75) is 26.1 Å². The van der Waals surface area contributed by atoms with Crippen LogP contribution < -0.4 is 0 Å². The summed E-state index contributed by atoms with van der Waals surface area (Å²) in [6.45, 7) is 3.33. The molecule has 1 heterocycles. The Morgan fingerprint density at radius 2 is 2.22 bits per heavy atom. The summed E-state index contributed by atoms with van der Waals surface area (Å²) >= 11 is 0. The van der Waals surface area contributed by atoms with Gasteiger partial charge >= 0.3 is 6.09 Å². The van der Waals surface area contributed by atoms with Crippen LogP contribution in [0.5, 0.6) is 0 Å². The molecule has 1 saturated heterocycles. The first-order valence-electron chi connectivity index (χ1n) is 6.30. The van der Waals surface area contributed by atoms with Crippen LogP contribution in [0.2, 0.25) is 0 Å². The minimum Gasteiger partial charge on any atom is -0.445 e. The van der Waals surface area contributed by atoms with Crippen molar-refractivity contribution in [3.8, 4) is 0 Å². The number of benzene rings is 1. The van der Waals surface area contributed by atoms with Gasteiger partial charge < -0.3 is 14.7 Å². The van der Waals surface area contributed by atoms with Crippen molar-refractivity contribution < 1.29 is 14.6 Å². The molecule has 98 valence electrons. The second-order valence-corrected chi connectivity index (χ2v) is 4.78. The van der Waals surface area contributed by atoms with Crippen LogP contribution in [0.25, 0.3) is 0 Å². The lowest BCUT2D eigenvalue weighted by Crippen LogP contribution is -2.30. The standard InChI is InChI=1S/C14H19NO3/c1-11(16)13-7-8-15(9-13)14(17)18-10-12-5-3-2-4-6-12/h2-6,11,13,16H,7-10H2,1H3/t11?,13-/m1/s1. The Labute approximate surface area is 107 Å². The largest absolute Gasteiger partial charge is 0.445 e. The number of hydrogen-bond acceptors (Lipinski definition) is 3. The molecule has 1 aliphatic heterocycles. The van der Waals surface area contributed by atoms with Gasteiger partial charge in [-0.1, -0.05) is 30.3 Å². The van der Waals surface area contributed by atoms with Gasteiger partial charge in [0.1, 0.15) is 6.61 Å². The van der Waals surface area contributed by atoms with Gasteiger partial charge in [-0.05, 0) is 18.9 Å². The quantitative estimate of drug-likeness (QED) is 0.891. The first-order chi connectivity index (χ1) is 8.66. The molecule has 1 unspecified atom stereocenters. The summed E-state index contributed by atoms with van der Waals surface area (Å²) in [5, 5.41) is 9.48. The second-order valence-electron chi connectivity index (χ2n) is 4.78. The molecule has 1 aromatic carbocycles. The molecule has 0 aromatic heterocycles. The number of carbonyl (C=O) groups is 1. The van der Waals surface area contributed by atoms with Crippen LogP contribution in [0.4, 0.5) is 4.79 Å². The van der Waals surface area contributed by atoms with Crippen molar-refractivity contribution in [3.05, 3.63) is 35.9 Å². The third-order valence-corrected chi connectivity index (χ3v) is 3.37. The van der Waals surface area contributed by atoms with E-state index in [4.69, 9.17) is 4.74 Å². The van der Waals surface area contributed by atoms with Crippen molar-refractivity contribution >= 4 is 6.09 Å². The lowest BCUT2D eigenvalue weighted by atomic mass is 10.0. The van der Waals surface area contributed by atoms with E-state index in [2.05, 4.69) is 0 Å². The Kier molecular flexibility index (Phi) is 4.20. The average Bonchev–Trinajstić information content (AvgIpc) is 2.87. The highest BCUT2D eigenvalue weighted by molar-refractivity contribution is 5.68. The average molecular weight is 249 g/mol. The van der Waals surface area contributed by atoms with E-state index < -0.39 is 0 Å². The lowest BCUT2D eigenvalue weighted by Gasteiger charge is -2.17. The Morgan fingerprint density at radius 3 is 2.83 bits per heavy atom. The predicted molar refractivity (Wildman–Crippen MR) is 68.0 cm³/mol. The Hall–Kier alpha value is -1.55. The van der Waals surface area contributed by atoms with E-state index >= 15 is 0 Å². The molecule has 1 fully saturated rings. The van der Waals surface area contributed by atoms with Crippen LogP contribution in [-0.2, 0) is 11.3 Å². The maximum atomic E-state index is 11.8. The van der Waals surface area contributed by atoms with E-state index in [0.29, 0.717) is 19.7 Å². The van der Waals surface area contributed by atoms with E-state index in [0.717, 1.165) is 12.0 Å². The molecule has 1 aromatic rings. The van der Waals surface area contributed by atoms with E-state index in [1.165, 1.54) is 0 Å². The normalized spacial score (nSPS) is 20.8. The van der Waals surface area contributed by atoms with Gasteiger partial charge in [0.15, 0.2) is 0 Å². The summed E-state index contributed by atoms with van der Waals surface area (Å²) in [4.78, 5) is 13.5. The number of likely N-dealkylation sites (tertiary alicyclic amines) is 1. The number of aliphatic hydroxyl groups is 1. The SMILES string of the molecule is CC(O)[C@@H]1CCN(C(=O)OCc2ccccc2)C1. The van der Waals surface area contributed by atoms with Crippen molar-refractivity contribution in [1.29, 1.82) is 0 Å². The fraction of sp³-hybridized carbons (Fsp3) is 0.500. The molecule has 1 aliphatic rings. The first-order valence-corrected chi connectivity index (χ1v) is 6.30. The summed E-state index contributed by atoms with van der Waals surface area (Å²) in [7, 11) is 0. The molecule has 0 aliphatic carbocycles. The van der Waals surface area contributed by atoms with Crippen LogP contribution in [0.3, 0.4) is 0 Å². The molecule has 4 nitrogen and oxygen atoms in total. The van der Waals surface area contributed by atoms with Gasteiger partial charge in [-0.15, -0.1) is 0 Å². The van der Waals surface area contributed by atoms with Crippen molar-refractivity contribution in [2.24, 2.45) is 5.92 Å². The smallest absolute Gasteiger partial charge is 0.410 e. The minimum absolute atomic E-state index is 0.175. The number of aliphatic hydroxyl groups excluding tert-OH is 1. The van der Waals surface area contributed by atoms with E-state index in [1.54, 1.807) is 11.8 Å². The van der Waals surface area contributed by atoms with Crippen LogP contribution in [0.15, 0.2) is 30.3 Å². The molecule has 2 rings (SSSR count). The summed E-state index contributed by atoms with van der Waals surface area (Å²) in [6.07, 6.45) is 0.192. The highest BCUT2D eigenvalue weighted by Gasteiger charge is 2.29. The third kappa shape index (κ3) is 3.23. The predicted octanol–water partition coefficient (Wildman–Crippen LogP) is 2.03. The number of amides is 1. The van der Waals surface area contributed by atoms with Gasteiger partial charge in [0, 0.05) is 19.0 Å². The Bertz CT molecular complexity index is 391. The van der Waals surface area contributed by atoms with Crippen LogP contribution >= 0.6 is 0 Å². The fourth-order valence-corrected chi connectivity index (χ4v) is 2.16. The van der Waals surface area contributed by atoms with Crippen LogP contribution in [0, 0.1) is 5.92 Å². The highest BCUT2D eigenvalue weighted by atomic mass is 16.6.